The van der Waals surface area contributed by atoms with E-state index in [1.54, 1.807) is 12.1 Å². The maximum Gasteiger partial charge on any atom is 0.0376 e. The van der Waals surface area contributed by atoms with Gasteiger partial charge in [-0.2, -0.15) is 0 Å². The van der Waals surface area contributed by atoms with E-state index in [1.165, 1.54) is 0 Å². The van der Waals surface area contributed by atoms with Gasteiger partial charge in [0, 0.05) is 14.2 Å². The van der Waals surface area contributed by atoms with Gasteiger partial charge in [-0.25, -0.2) is 0 Å². The molecule has 0 aliphatic heterocycles. The van der Waals surface area contributed by atoms with E-state index in [4.69, 9.17) is 5.53 Å². The van der Waals surface area contributed by atoms with Gasteiger partial charge in [0.15, 0.2) is 0 Å². The van der Waals surface area contributed by atoms with Crippen LogP contribution in [0.4, 0.5) is 5.69 Å². The lowest BCUT2D eigenvalue weighted by Gasteiger charge is -1.88. The first-order chi connectivity index (χ1) is 4.83. The van der Waals surface area contributed by atoms with E-state index < -0.39 is 0 Å². The third-order valence-electron chi connectivity index (χ3n) is 0.987. The maximum atomic E-state index is 8.05. The average molecular weight is 243 g/mol. The lowest BCUT2D eigenvalue weighted by Crippen LogP contribution is -1.65. The molecule has 0 N–H and O–H groups in total. The molecule has 0 saturated heterocycles. The Hall–Kier alpha value is -0.740. The molecule has 10 heavy (non-hydrogen) atoms. The van der Waals surface area contributed by atoms with Crippen molar-refractivity contribution in [2.45, 2.75) is 0 Å². The van der Waals surface area contributed by atoms with Crippen molar-refractivity contribution in [3.05, 3.63) is 38.3 Å². The van der Waals surface area contributed by atoms with Crippen LogP contribution < -0.4 is 0 Å². The molecule has 50 valence electrons. The SMILES string of the molecule is [N-]=[N+]=Nc1ccc([125I])cc1. The van der Waals surface area contributed by atoms with E-state index in [0.717, 1.165) is 3.57 Å². The topological polar surface area (TPSA) is 48.8 Å². The number of halogens is 1. The number of benzene rings is 1. The van der Waals surface area contributed by atoms with Crippen molar-refractivity contribution in [3.8, 4) is 0 Å². The fourth-order valence-electron chi connectivity index (χ4n) is 0.559. The summed E-state index contributed by atoms with van der Waals surface area (Å²) in [6.07, 6.45) is 0. The van der Waals surface area contributed by atoms with Crippen LogP contribution in [-0.4, -0.2) is 0 Å². The Labute approximate surface area is 71.8 Å². The van der Waals surface area contributed by atoms with Crippen LogP contribution in [0.25, 0.3) is 10.4 Å². The lowest BCUT2D eigenvalue weighted by molar-refractivity contribution is 1.47. The minimum absolute atomic E-state index is 0.655. The number of azide groups is 1. The molecule has 1 aromatic carbocycles. The zero-order chi connectivity index (χ0) is 7.40. The molecule has 3 nitrogen and oxygen atoms in total. The second-order valence-electron chi connectivity index (χ2n) is 1.67. The van der Waals surface area contributed by atoms with Gasteiger partial charge in [0.2, 0.25) is 0 Å². The second kappa shape index (κ2) is 3.43. The Morgan fingerprint density at radius 3 is 2.40 bits per heavy atom. The molecule has 0 heterocycles. The molecule has 0 aliphatic rings. The van der Waals surface area contributed by atoms with Crippen molar-refractivity contribution in [1.82, 2.24) is 0 Å². The highest BCUT2D eigenvalue weighted by molar-refractivity contribution is 14.1. The molecule has 1 aromatic rings. The summed E-state index contributed by atoms with van der Waals surface area (Å²) in [7, 11) is 0. The third-order valence-corrected chi connectivity index (χ3v) is 1.71. The van der Waals surface area contributed by atoms with E-state index in [1.807, 2.05) is 12.1 Å². The van der Waals surface area contributed by atoms with Crippen LogP contribution in [0.2, 0.25) is 0 Å². The minimum atomic E-state index is 0.655. The summed E-state index contributed by atoms with van der Waals surface area (Å²) in [6.45, 7) is 0. The summed E-state index contributed by atoms with van der Waals surface area (Å²) in [5, 5.41) is 3.42. The number of nitrogens with zero attached hydrogens (tertiary/aromatic N) is 3. The zero-order valence-electron chi connectivity index (χ0n) is 5.03. The molecule has 0 bridgehead atoms. The Bertz CT molecular complexity index is 261. The average Bonchev–Trinajstić information content (AvgIpc) is 1.95. The smallest absolute Gasteiger partial charge is 0.0376 e. The van der Waals surface area contributed by atoms with Crippen LogP contribution in [0.15, 0.2) is 29.4 Å². The fourth-order valence-corrected chi connectivity index (χ4v) is 0.919. The highest BCUT2D eigenvalue weighted by atomic mass is 125. The van der Waals surface area contributed by atoms with E-state index in [9.17, 15) is 0 Å². The first-order valence-electron chi connectivity index (χ1n) is 2.63. The fraction of sp³-hybridized carbons (Fsp3) is 0. The second-order valence-corrected chi connectivity index (χ2v) is 2.91. The van der Waals surface area contributed by atoms with Crippen LogP contribution in [0, 0.1) is 3.57 Å². The number of hydrogen-bond donors (Lipinski definition) is 0. The van der Waals surface area contributed by atoms with Crippen LogP contribution in [0.1, 0.15) is 0 Å². The normalized spacial score (nSPS) is 8.50. The van der Waals surface area contributed by atoms with E-state index in [-0.39, 0.29) is 0 Å². The molecule has 0 amide bonds. The molecule has 0 aliphatic carbocycles. The van der Waals surface area contributed by atoms with Crippen molar-refractivity contribution in [2.75, 3.05) is 0 Å². The van der Waals surface area contributed by atoms with Gasteiger partial charge in [-0.15, -0.1) is 0 Å². The maximum absolute atomic E-state index is 8.05. The molecule has 0 saturated carbocycles. The van der Waals surface area contributed by atoms with E-state index in [0.29, 0.717) is 5.69 Å². The van der Waals surface area contributed by atoms with Crippen LogP contribution in [0.3, 0.4) is 0 Å². The predicted octanol–water partition coefficient (Wildman–Crippen LogP) is 3.23. The molecule has 0 aromatic heterocycles. The quantitative estimate of drug-likeness (QED) is 0.314. The van der Waals surface area contributed by atoms with Crippen LogP contribution in [0.5, 0.6) is 0 Å². The molecule has 0 atom stereocenters. The van der Waals surface area contributed by atoms with Gasteiger partial charge in [-0.3, -0.25) is 0 Å². The van der Waals surface area contributed by atoms with Crippen molar-refractivity contribution in [2.24, 2.45) is 5.11 Å². The van der Waals surface area contributed by atoms with Crippen LogP contribution >= 0.6 is 22.6 Å². The third kappa shape index (κ3) is 1.89. The number of hydrogen-bond acceptors (Lipinski definition) is 1. The summed E-state index contributed by atoms with van der Waals surface area (Å²) in [5.41, 5.74) is 8.70. The Kier molecular flexibility index (Phi) is 2.53. The summed E-state index contributed by atoms with van der Waals surface area (Å²) in [4.78, 5) is 2.66. The molecule has 0 spiro atoms. The van der Waals surface area contributed by atoms with E-state index in [2.05, 4.69) is 32.6 Å². The van der Waals surface area contributed by atoms with Gasteiger partial charge in [0.05, 0.1) is 0 Å². The van der Waals surface area contributed by atoms with Crippen molar-refractivity contribution in [3.63, 3.8) is 0 Å². The highest BCUT2D eigenvalue weighted by Crippen LogP contribution is 2.13. The molecule has 0 fully saturated rings. The zero-order valence-corrected chi connectivity index (χ0v) is 7.19. The minimum Gasteiger partial charge on any atom is -0.0608 e. The molecule has 0 unspecified atom stereocenters. The number of rotatable bonds is 1. The summed E-state index contributed by atoms with van der Waals surface area (Å²) >= 11 is 2.19. The molecule has 4 heteroatoms. The van der Waals surface area contributed by atoms with Gasteiger partial charge in [0.1, 0.15) is 0 Å². The first kappa shape index (κ1) is 7.37. The Morgan fingerprint density at radius 1 is 1.30 bits per heavy atom. The predicted molar refractivity (Wildman–Crippen MR) is 48.0 cm³/mol. The molecular formula is C6H4IN3. The summed E-state index contributed by atoms with van der Waals surface area (Å²) in [5.74, 6) is 0. The largest absolute Gasteiger partial charge is 0.0608 e. The van der Waals surface area contributed by atoms with Gasteiger partial charge in [-0.05, 0) is 40.3 Å². The molecule has 1 rings (SSSR count). The molecule has 0 radical (unpaired) electrons. The molecular weight excluding hydrogens is 239 g/mol. The Morgan fingerprint density at radius 2 is 1.90 bits per heavy atom. The monoisotopic (exact) mass is 243 g/mol. The van der Waals surface area contributed by atoms with Gasteiger partial charge in [-0.1, -0.05) is 17.2 Å². The summed E-state index contributed by atoms with van der Waals surface area (Å²) in [6, 6.07) is 7.35. The van der Waals surface area contributed by atoms with Gasteiger partial charge in [0.25, 0.3) is 0 Å². The van der Waals surface area contributed by atoms with E-state index >= 15 is 0 Å². The highest BCUT2D eigenvalue weighted by Gasteiger charge is 1.85. The van der Waals surface area contributed by atoms with Crippen molar-refractivity contribution in [1.29, 1.82) is 0 Å². The van der Waals surface area contributed by atoms with Gasteiger partial charge >= 0.3 is 0 Å². The standard InChI is InChI=1S/C6H4IN3/c7-5-1-3-6(4-2-5)9-10-8/h1-4H/i7-2. The first-order valence-corrected chi connectivity index (χ1v) is 3.71. The summed E-state index contributed by atoms with van der Waals surface area (Å²) < 4.78 is 1.13. The van der Waals surface area contributed by atoms with Crippen LogP contribution in [-0.2, 0) is 0 Å². The lowest BCUT2D eigenvalue weighted by atomic mass is 10.3. The van der Waals surface area contributed by atoms with Crippen molar-refractivity contribution >= 4 is 28.3 Å². The Balaban J connectivity index is 3.00. The van der Waals surface area contributed by atoms with Gasteiger partial charge < -0.3 is 0 Å². The van der Waals surface area contributed by atoms with Crippen molar-refractivity contribution < 1.29 is 0 Å².